The minimum Gasteiger partial charge on any atom is -0.465 e. The number of rotatable bonds is 4. The number of hydrogen-bond acceptors (Lipinski definition) is 6. The van der Waals surface area contributed by atoms with Gasteiger partial charge in [-0.15, -0.1) is 0 Å². The van der Waals surface area contributed by atoms with Gasteiger partial charge in [0.1, 0.15) is 17.2 Å². The molecule has 50 heavy (non-hydrogen) atoms. The number of carbonyl (C=O) groups excluding carboxylic acids is 1. The molecule has 0 radical (unpaired) electrons. The van der Waals surface area contributed by atoms with Crippen LogP contribution in [0.1, 0.15) is 70.2 Å². The van der Waals surface area contributed by atoms with Gasteiger partial charge in [-0.05, 0) is 112 Å². The summed E-state index contributed by atoms with van der Waals surface area (Å²) in [5.41, 5.74) is 7.83. The highest BCUT2D eigenvalue weighted by Crippen LogP contribution is 2.54. The molecule has 5 heterocycles. The molecule has 11 heteroatoms. The smallest absolute Gasteiger partial charge is 0.411 e. The fourth-order valence-electron chi connectivity index (χ4n) is 8.43. The Morgan fingerprint density at radius 3 is 1.90 bits per heavy atom. The van der Waals surface area contributed by atoms with Gasteiger partial charge < -0.3 is 19.8 Å². The Hall–Kier alpha value is -5.45. The molecule has 6 aromatic rings. The molecule has 3 aromatic heterocycles. The summed E-state index contributed by atoms with van der Waals surface area (Å²) in [7, 11) is 0. The van der Waals surface area contributed by atoms with Crippen molar-refractivity contribution in [3.05, 3.63) is 78.4 Å². The van der Waals surface area contributed by atoms with Crippen molar-refractivity contribution in [1.82, 2.24) is 34.7 Å². The summed E-state index contributed by atoms with van der Waals surface area (Å²) in [6, 6.07) is 22.8. The van der Waals surface area contributed by atoms with Crippen LogP contribution in [0.2, 0.25) is 0 Å². The molecule has 4 aliphatic rings. The van der Waals surface area contributed by atoms with E-state index in [0.29, 0.717) is 11.8 Å². The van der Waals surface area contributed by atoms with Gasteiger partial charge in [0, 0.05) is 23.0 Å². The van der Waals surface area contributed by atoms with Gasteiger partial charge in [0.05, 0.1) is 45.4 Å². The van der Waals surface area contributed by atoms with Crippen LogP contribution in [0.4, 0.5) is 9.59 Å². The Balaban J connectivity index is 0.902. The Morgan fingerprint density at radius 1 is 0.700 bits per heavy atom. The minimum absolute atomic E-state index is 0.117. The number of nitrogens with zero attached hydrogens (tertiary/aromatic N) is 5. The molecule has 4 fully saturated rings. The highest BCUT2D eigenvalue weighted by molar-refractivity contribution is 5.90. The van der Waals surface area contributed by atoms with E-state index < -0.39 is 11.7 Å². The lowest BCUT2D eigenvalue weighted by molar-refractivity contribution is 0.0175. The zero-order chi connectivity index (χ0) is 34.1. The van der Waals surface area contributed by atoms with Crippen molar-refractivity contribution < 1.29 is 19.4 Å². The number of aromatic amines is 2. The van der Waals surface area contributed by atoms with Gasteiger partial charge in [-0.1, -0.05) is 24.3 Å². The van der Waals surface area contributed by atoms with E-state index in [-0.39, 0.29) is 30.3 Å². The molecule has 3 aromatic carbocycles. The normalized spacial score (nSPS) is 25.3. The molecule has 2 aliphatic carbocycles. The molecule has 2 saturated carbocycles. The summed E-state index contributed by atoms with van der Waals surface area (Å²) in [5.74, 6) is 2.50. The number of benzene rings is 3. The fourth-order valence-corrected chi connectivity index (χ4v) is 8.43. The van der Waals surface area contributed by atoms with Gasteiger partial charge >= 0.3 is 12.2 Å². The van der Waals surface area contributed by atoms with E-state index in [1.54, 1.807) is 4.90 Å². The topological polar surface area (TPSA) is 140 Å². The number of H-pyrrole nitrogens is 2. The summed E-state index contributed by atoms with van der Waals surface area (Å²) in [6.07, 6.45) is 2.59. The van der Waals surface area contributed by atoms with Crippen molar-refractivity contribution >= 4 is 45.2 Å². The fraction of sp³-hybridized carbons (Fsp3) is 0.359. The number of fused-ring (bicyclic) bond motifs is 5. The number of amides is 2. The first-order chi connectivity index (χ1) is 24.1. The average Bonchev–Trinajstić information content (AvgIpc) is 3.74. The van der Waals surface area contributed by atoms with Gasteiger partial charge in [-0.25, -0.2) is 24.5 Å². The average molecular weight is 668 g/mol. The second-order valence-corrected chi connectivity index (χ2v) is 15.5. The molecule has 10 rings (SSSR count). The predicted octanol–water partition coefficient (Wildman–Crippen LogP) is 8.21. The minimum atomic E-state index is -0.867. The maximum atomic E-state index is 13.1. The largest absolute Gasteiger partial charge is 0.465 e. The van der Waals surface area contributed by atoms with Crippen LogP contribution < -0.4 is 0 Å². The number of nitrogens with one attached hydrogen (secondary N) is 2. The van der Waals surface area contributed by atoms with Crippen molar-refractivity contribution in [3.63, 3.8) is 0 Å². The monoisotopic (exact) mass is 667 g/mol. The summed E-state index contributed by atoms with van der Waals surface area (Å²) in [6.45, 7) is 5.70. The van der Waals surface area contributed by atoms with Crippen LogP contribution in [0.3, 0.4) is 0 Å². The Labute approximate surface area is 287 Å². The standard InChI is InChI=1S/C39H37N7O4/c1-39(2,3)50-38(49)46-32-16-24(32)18-34(46)36-42-28-11-7-22(14-30(28)44-36)26-9-6-21-12-19(4-8-25(21)40-26)20-5-10-27-29(13-20)43-35(41-27)33-17-23-15-31(23)45(33)37(47)48/h4-14,23-24,31-34H,15-18H2,1-3H3,(H,41,43)(H,42,44)(H,47,48)/t23-,24?,31-,32-,33+,34+/m1/s1. The highest BCUT2D eigenvalue weighted by Gasteiger charge is 2.57. The van der Waals surface area contributed by atoms with Gasteiger partial charge in [0.15, 0.2) is 0 Å². The van der Waals surface area contributed by atoms with E-state index in [0.717, 1.165) is 92.7 Å². The number of aromatic nitrogens is 5. The summed E-state index contributed by atoms with van der Waals surface area (Å²) < 4.78 is 5.75. The number of piperidine rings is 2. The van der Waals surface area contributed by atoms with Gasteiger partial charge in [0.2, 0.25) is 0 Å². The van der Waals surface area contributed by atoms with E-state index in [4.69, 9.17) is 19.7 Å². The van der Waals surface area contributed by atoms with Crippen molar-refractivity contribution in [3.8, 4) is 22.4 Å². The second-order valence-electron chi connectivity index (χ2n) is 15.5. The molecule has 2 saturated heterocycles. The Morgan fingerprint density at radius 2 is 1.26 bits per heavy atom. The first-order valence-electron chi connectivity index (χ1n) is 17.5. The zero-order valence-electron chi connectivity index (χ0n) is 28.1. The number of ether oxygens (including phenoxy) is 1. The summed E-state index contributed by atoms with van der Waals surface area (Å²) in [4.78, 5) is 50.1. The second kappa shape index (κ2) is 10.3. The lowest BCUT2D eigenvalue weighted by atomic mass is 10.0. The maximum Gasteiger partial charge on any atom is 0.411 e. The third-order valence-corrected chi connectivity index (χ3v) is 11.0. The first-order valence-corrected chi connectivity index (χ1v) is 17.5. The third kappa shape index (κ3) is 4.81. The lowest BCUT2D eigenvalue weighted by Crippen LogP contribution is -2.38. The number of carbonyl (C=O) groups is 2. The number of imidazole rings is 2. The number of pyridine rings is 1. The Bertz CT molecular complexity index is 2390. The van der Waals surface area contributed by atoms with E-state index in [2.05, 4.69) is 52.4 Å². The number of carboxylic acid groups (broad SMARTS) is 1. The SMILES string of the molecule is CC(C)(C)OC(=O)N1[C@@H]2CC2C[C@H]1c1nc2ccc(-c3ccc4cc(-c5ccc6nc([C@@H]7C[C@H]8C[C@H]8N7C(=O)O)[nH]c6c5)ccc4n3)cc2[nH]1. The van der Waals surface area contributed by atoms with Crippen LogP contribution in [0, 0.1) is 11.8 Å². The molecular weight excluding hydrogens is 630 g/mol. The van der Waals surface area contributed by atoms with Crippen molar-refractivity contribution in [2.45, 2.75) is 76.2 Å². The van der Waals surface area contributed by atoms with E-state index in [1.165, 1.54) is 0 Å². The van der Waals surface area contributed by atoms with Crippen molar-refractivity contribution in [2.75, 3.05) is 0 Å². The first kappa shape index (κ1) is 29.5. The van der Waals surface area contributed by atoms with Gasteiger partial charge in [-0.3, -0.25) is 9.80 Å². The van der Waals surface area contributed by atoms with E-state index in [1.807, 2.05) is 49.9 Å². The quantitative estimate of drug-likeness (QED) is 0.172. The molecule has 3 N–H and O–H groups in total. The third-order valence-electron chi connectivity index (χ3n) is 11.0. The molecule has 0 bridgehead atoms. The molecule has 0 spiro atoms. The molecule has 11 nitrogen and oxygen atoms in total. The van der Waals surface area contributed by atoms with Gasteiger partial charge in [-0.2, -0.15) is 0 Å². The number of likely N-dealkylation sites (tertiary alicyclic amines) is 2. The molecule has 6 atom stereocenters. The van der Waals surface area contributed by atoms with Crippen LogP contribution in [-0.2, 0) is 4.74 Å². The molecule has 2 amide bonds. The van der Waals surface area contributed by atoms with Crippen LogP contribution in [0.15, 0.2) is 66.7 Å². The Kier molecular flexibility index (Phi) is 6.06. The number of hydrogen-bond donors (Lipinski definition) is 3. The highest BCUT2D eigenvalue weighted by atomic mass is 16.6. The van der Waals surface area contributed by atoms with Crippen LogP contribution in [0.5, 0.6) is 0 Å². The van der Waals surface area contributed by atoms with E-state index in [9.17, 15) is 14.7 Å². The van der Waals surface area contributed by atoms with Crippen LogP contribution in [-0.4, -0.2) is 69.7 Å². The van der Waals surface area contributed by atoms with Crippen LogP contribution in [0.25, 0.3) is 55.4 Å². The van der Waals surface area contributed by atoms with Gasteiger partial charge in [0.25, 0.3) is 0 Å². The van der Waals surface area contributed by atoms with Crippen molar-refractivity contribution in [2.24, 2.45) is 11.8 Å². The predicted molar refractivity (Wildman–Crippen MR) is 188 cm³/mol. The lowest BCUT2D eigenvalue weighted by Gasteiger charge is -2.29. The van der Waals surface area contributed by atoms with Crippen LogP contribution >= 0.6 is 0 Å². The molecule has 252 valence electrons. The zero-order valence-corrected chi connectivity index (χ0v) is 28.1. The maximum absolute atomic E-state index is 13.1. The molecule has 2 aliphatic heterocycles. The van der Waals surface area contributed by atoms with Crippen molar-refractivity contribution in [1.29, 1.82) is 0 Å². The molecule has 1 unspecified atom stereocenters. The summed E-state index contributed by atoms with van der Waals surface area (Å²) in [5, 5.41) is 10.8. The molecular formula is C39H37N7O4. The summed E-state index contributed by atoms with van der Waals surface area (Å²) >= 11 is 0. The van der Waals surface area contributed by atoms with E-state index >= 15 is 0 Å².